The Hall–Kier alpha value is -3.39. The Balaban J connectivity index is 1.66. The molecular formula is C19H14FN5OS. The van der Waals surface area contributed by atoms with E-state index in [1.165, 1.54) is 40.3 Å². The van der Waals surface area contributed by atoms with Crippen molar-refractivity contribution in [3.8, 4) is 16.4 Å². The van der Waals surface area contributed by atoms with Crippen LogP contribution in [0.4, 0.5) is 15.8 Å². The van der Waals surface area contributed by atoms with Crippen molar-refractivity contribution >= 4 is 22.7 Å². The average molecular weight is 379 g/mol. The summed E-state index contributed by atoms with van der Waals surface area (Å²) in [5.41, 5.74) is 2.66. The molecule has 4 aromatic rings. The molecule has 27 heavy (non-hydrogen) atoms. The Bertz CT molecular complexity index is 1160. The lowest BCUT2D eigenvalue weighted by Gasteiger charge is -1.95. The van der Waals surface area contributed by atoms with E-state index in [0.29, 0.717) is 16.5 Å². The van der Waals surface area contributed by atoms with Crippen LogP contribution in [0.3, 0.4) is 0 Å². The van der Waals surface area contributed by atoms with Crippen LogP contribution >= 0.6 is 11.3 Å². The quantitative estimate of drug-likeness (QED) is 0.498. The summed E-state index contributed by atoms with van der Waals surface area (Å²) >= 11 is 1.36. The highest BCUT2D eigenvalue weighted by atomic mass is 32.1. The zero-order chi connectivity index (χ0) is 18.8. The molecule has 0 radical (unpaired) electrons. The average Bonchev–Trinajstić information content (AvgIpc) is 3.27. The summed E-state index contributed by atoms with van der Waals surface area (Å²) in [4.78, 5) is 17.2. The molecule has 0 aliphatic heterocycles. The summed E-state index contributed by atoms with van der Waals surface area (Å²) in [6.45, 7) is 1.74. The number of rotatable bonds is 4. The molecule has 8 heteroatoms. The molecule has 134 valence electrons. The topological polar surface area (TPSA) is 75.4 Å². The van der Waals surface area contributed by atoms with Gasteiger partial charge in [0.2, 0.25) is 5.13 Å². The molecule has 0 saturated heterocycles. The standard InChI is InChI=1S/C19H14FN5OS/c1-12-17(23-22-15-9-7-14(20)8-10-15)18(26)25(24-12)19-21-16(11-27-19)13-5-3-2-4-6-13/h2-11,24H,1H3. The minimum absolute atomic E-state index is 0.191. The minimum atomic E-state index is -0.355. The minimum Gasteiger partial charge on any atom is -0.291 e. The largest absolute Gasteiger partial charge is 0.301 e. The fraction of sp³-hybridized carbons (Fsp3) is 0.0526. The normalized spacial score (nSPS) is 11.3. The number of thiazole rings is 1. The number of halogens is 1. The summed E-state index contributed by atoms with van der Waals surface area (Å²) in [7, 11) is 0. The summed E-state index contributed by atoms with van der Waals surface area (Å²) in [5, 5.41) is 13.4. The molecular weight excluding hydrogens is 365 g/mol. The summed E-state index contributed by atoms with van der Waals surface area (Å²) in [6.07, 6.45) is 0. The van der Waals surface area contributed by atoms with Crippen LogP contribution in [0, 0.1) is 12.7 Å². The molecule has 4 rings (SSSR count). The van der Waals surface area contributed by atoms with Gasteiger partial charge in [0.05, 0.1) is 17.1 Å². The molecule has 0 fully saturated rings. The van der Waals surface area contributed by atoms with E-state index >= 15 is 0 Å². The lowest BCUT2D eigenvalue weighted by Crippen LogP contribution is -2.13. The summed E-state index contributed by atoms with van der Waals surface area (Å²) < 4.78 is 14.3. The van der Waals surface area contributed by atoms with Crippen LogP contribution in [0.25, 0.3) is 16.4 Å². The Morgan fingerprint density at radius 3 is 2.56 bits per heavy atom. The smallest absolute Gasteiger partial charge is 0.291 e. The monoisotopic (exact) mass is 379 g/mol. The molecule has 6 nitrogen and oxygen atoms in total. The first-order chi connectivity index (χ1) is 13.1. The number of hydrogen-bond acceptors (Lipinski definition) is 5. The van der Waals surface area contributed by atoms with Crippen LogP contribution in [-0.2, 0) is 0 Å². The zero-order valence-corrected chi connectivity index (χ0v) is 15.1. The van der Waals surface area contributed by atoms with Crippen molar-refractivity contribution in [2.45, 2.75) is 6.92 Å². The lowest BCUT2D eigenvalue weighted by atomic mass is 10.2. The van der Waals surface area contributed by atoms with Crippen LogP contribution in [0.1, 0.15) is 5.69 Å². The zero-order valence-electron chi connectivity index (χ0n) is 14.3. The number of hydrogen-bond donors (Lipinski definition) is 1. The van der Waals surface area contributed by atoms with Gasteiger partial charge in [0.1, 0.15) is 5.82 Å². The predicted octanol–water partition coefficient (Wildman–Crippen LogP) is 5.15. The maximum Gasteiger partial charge on any atom is 0.301 e. The van der Waals surface area contributed by atoms with Crippen LogP contribution in [0.5, 0.6) is 0 Å². The number of benzene rings is 2. The van der Waals surface area contributed by atoms with Crippen molar-refractivity contribution in [3.63, 3.8) is 0 Å². The Labute approximate surface area is 157 Å². The second kappa shape index (κ2) is 7.08. The van der Waals surface area contributed by atoms with Gasteiger partial charge in [0, 0.05) is 10.9 Å². The second-order valence-electron chi connectivity index (χ2n) is 5.78. The van der Waals surface area contributed by atoms with Gasteiger partial charge in [-0.2, -0.15) is 9.80 Å². The van der Waals surface area contributed by atoms with E-state index in [9.17, 15) is 9.18 Å². The maximum atomic E-state index is 13.0. The first-order valence-corrected chi connectivity index (χ1v) is 9.00. The molecule has 0 aliphatic carbocycles. The predicted molar refractivity (Wildman–Crippen MR) is 103 cm³/mol. The SMILES string of the molecule is Cc1[nH]n(-c2nc(-c3ccccc3)cs2)c(=O)c1N=Nc1ccc(F)cc1. The lowest BCUT2D eigenvalue weighted by molar-refractivity contribution is 0.628. The fourth-order valence-corrected chi connectivity index (χ4v) is 3.31. The number of nitrogens with zero attached hydrogens (tertiary/aromatic N) is 4. The highest BCUT2D eigenvalue weighted by Crippen LogP contribution is 2.24. The number of aryl methyl sites for hydroxylation is 1. The van der Waals surface area contributed by atoms with Gasteiger partial charge in [-0.3, -0.25) is 9.89 Å². The third kappa shape index (κ3) is 3.47. The van der Waals surface area contributed by atoms with E-state index < -0.39 is 0 Å². The van der Waals surface area contributed by atoms with Crippen molar-refractivity contribution in [2.75, 3.05) is 0 Å². The van der Waals surface area contributed by atoms with Crippen LogP contribution in [0.15, 0.2) is 75.0 Å². The van der Waals surface area contributed by atoms with Gasteiger partial charge in [0.25, 0.3) is 0 Å². The van der Waals surface area contributed by atoms with E-state index in [-0.39, 0.29) is 17.1 Å². The van der Waals surface area contributed by atoms with E-state index in [1.54, 1.807) is 6.92 Å². The highest BCUT2D eigenvalue weighted by molar-refractivity contribution is 7.12. The van der Waals surface area contributed by atoms with E-state index in [4.69, 9.17) is 0 Å². The van der Waals surface area contributed by atoms with Gasteiger partial charge in [-0.05, 0) is 31.2 Å². The van der Waals surface area contributed by atoms with Gasteiger partial charge >= 0.3 is 5.56 Å². The first kappa shape index (κ1) is 17.0. The van der Waals surface area contributed by atoms with Gasteiger partial charge in [-0.15, -0.1) is 16.5 Å². The molecule has 0 saturated carbocycles. The van der Waals surface area contributed by atoms with Crippen molar-refractivity contribution in [1.82, 2.24) is 14.8 Å². The highest BCUT2D eigenvalue weighted by Gasteiger charge is 2.15. The Kier molecular flexibility index (Phi) is 4.47. The molecule has 0 aliphatic rings. The summed E-state index contributed by atoms with van der Waals surface area (Å²) in [6, 6.07) is 15.3. The summed E-state index contributed by atoms with van der Waals surface area (Å²) in [5.74, 6) is -0.355. The molecule has 2 aromatic carbocycles. The van der Waals surface area contributed by atoms with Crippen LogP contribution in [0.2, 0.25) is 0 Å². The first-order valence-electron chi connectivity index (χ1n) is 8.12. The number of nitrogens with one attached hydrogen (secondary N) is 1. The van der Waals surface area contributed by atoms with E-state index in [1.807, 2.05) is 35.7 Å². The van der Waals surface area contributed by atoms with Crippen molar-refractivity contribution in [1.29, 1.82) is 0 Å². The molecule has 2 heterocycles. The maximum absolute atomic E-state index is 13.0. The third-order valence-electron chi connectivity index (χ3n) is 3.89. The van der Waals surface area contributed by atoms with E-state index in [2.05, 4.69) is 20.3 Å². The van der Waals surface area contributed by atoms with Crippen LogP contribution in [-0.4, -0.2) is 14.8 Å². The fourth-order valence-electron chi connectivity index (χ4n) is 2.51. The molecule has 0 bridgehead atoms. The van der Waals surface area contributed by atoms with Crippen molar-refractivity contribution < 1.29 is 4.39 Å². The number of aromatic amines is 1. The second-order valence-corrected chi connectivity index (χ2v) is 6.62. The van der Waals surface area contributed by atoms with Crippen molar-refractivity contribution in [3.05, 3.63) is 81.8 Å². The van der Waals surface area contributed by atoms with Gasteiger partial charge in [-0.1, -0.05) is 30.3 Å². The van der Waals surface area contributed by atoms with Gasteiger partial charge < -0.3 is 0 Å². The van der Waals surface area contributed by atoms with E-state index in [0.717, 1.165) is 11.3 Å². The van der Waals surface area contributed by atoms with Gasteiger partial charge in [0.15, 0.2) is 5.69 Å². The number of aromatic nitrogens is 3. The number of H-pyrrole nitrogens is 1. The molecule has 0 atom stereocenters. The van der Waals surface area contributed by atoms with Crippen molar-refractivity contribution in [2.24, 2.45) is 10.2 Å². The van der Waals surface area contributed by atoms with Gasteiger partial charge in [-0.25, -0.2) is 9.37 Å². The Morgan fingerprint density at radius 2 is 1.81 bits per heavy atom. The third-order valence-corrected chi connectivity index (χ3v) is 4.71. The molecule has 0 unspecified atom stereocenters. The molecule has 1 N–H and O–H groups in total. The number of azo groups is 1. The molecule has 0 spiro atoms. The molecule has 2 aromatic heterocycles. The van der Waals surface area contributed by atoms with Crippen LogP contribution < -0.4 is 5.56 Å². The molecule has 0 amide bonds. The Morgan fingerprint density at radius 1 is 1.07 bits per heavy atom.